The zero-order chi connectivity index (χ0) is 15.4. The molecule has 0 aliphatic carbocycles. The summed E-state index contributed by atoms with van der Waals surface area (Å²) < 4.78 is 6.28. The fraction of sp³-hybridized carbons (Fsp3) is 0.308. The summed E-state index contributed by atoms with van der Waals surface area (Å²) in [6.45, 7) is 2.27. The molecule has 0 spiro atoms. The number of hydrogen-bond acceptors (Lipinski definition) is 5. The van der Waals surface area contributed by atoms with Gasteiger partial charge in [0.15, 0.2) is 0 Å². The highest BCUT2D eigenvalue weighted by Gasteiger charge is 2.17. The van der Waals surface area contributed by atoms with Gasteiger partial charge in [0.1, 0.15) is 5.00 Å². The number of hydrogen-bond donors (Lipinski definition) is 1. The summed E-state index contributed by atoms with van der Waals surface area (Å²) in [4.78, 5) is 24.5. The largest absolute Gasteiger partial charge is 0.465 e. The van der Waals surface area contributed by atoms with Gasteiger partial charge >= 0.3 is 5.97 Å². The molecule has 2 aromatic rings. The topological polar surface area (TPSA) is 73.2 Å². The SMILES string of the molecule is COC(=O)c1cc(C)sc1NC(=O)CCn1cc(Cl)cn1. The van der Waals surface area contributed by atoms with Crippen LogP contribution in [0.3, 0.4) is 0 Å². The number of carbonyl (C=O) groups excluding carboxylic acids is 2. The summed E-state index contributed by atoms with van der Waals surface area (Å²) in [5.41, 5.74) is 0.371. The lowest BCUT2D eigenvalue weighted by atomic mass is 10.3. The third kappa shape index (κ3) is 4.05. The van der Waals surface area contributed by atoms with Crippen LogP contribution >= 0.6 is 22.9 Å². The number of amides is 1. The smallest absolute Gasteiger partial charge is 0.340 e. The lowest BCUT2D eigenvalue weighted by molar-refractivity contribution is -0.116. The second kappa shape index (κ2) is 6.73. The number of anilines is 1. The van der Waals surface area contributed by atoms with E-state index in [9.17, 15) is 9.59 Å². The molecule has 0 bridgehead atoms. The van der Waals surface area contributed by atoms with E-state index in [4.69, 9.17) is 16.3 Å². The number of thiophene rings is 1. The molecule has 21 heavy (non-hydrogen) atoms. The minimum Gasteiger partial charge on any atom is -0.465 e. The molecular formula is C13H14ClN3O3S. The summed E-state index contributed by atoms with van der Waals surface area (Å²) in [5, 5.41) is 7.75. The quantitative estimate of drug-likeness (QED) is 0.857. The minimum atomic E-state index is -0.464. The van der Waals surface area contributed by atoms with Gasteiger partial charge < -0.3 is 10.1 Å². The van der Waals surface area contributed by atoms with Crippen LogP contribution in [0.1, 0.15) is 21.7 Å². The van der Waals surface area contributed by atoms with Crippen LogP contribution in [0.5, 0.6) is 0 Å². The van der Waals surface area contributed by atoms with Gasteiger partial charge in [-0.05, 0) is 13.0 Å². The Morgan fingerprint density at radius 1 is 1.52 bits per heavy atom. The monoisotopic (exact) mass is 327 g/mol. The van der Waals surface area contributed by atoms with Gasteiger partial charge in [-0.2, -0.15) is 5.10 Å². The second-order valence-corrected chi connectivity index (χ2v) is 6.00. The van der Waals surface area contributed by atoms with Gasteiger partial charge in [0, 0.05) is 24.0 Å². The van der Waals surface area contributed by atoms with Crippen LogP contribution in [-0.2, 0) is 16.1 Å². The van der Waals surface area contributed by atoms with Crippen LogP contribution in [0.15, 0.2) is 18.5 Å². The molecule has 2 heterocycles. The van der Waals surface area contributed by atoms with Gasteiger partial charge in [0.25, 0.3) is 0 Å². The normalized spacial score (nSPS) is 10.4. The molecule has 0 radical (unpaired) electrons. The molecule has 8 heteroatoms. The number of aromatic nitrogens is 2. The molecule has 6 nitrogen and oxygen atoms in total. The van der Waals surface area contributed by atoms with E-state index in [0.717, 1.165) is 4.88 Å². The molecular weight excluding hydrogens is 314 g/mol. The lowest BCUT2D eigenvalue weighted by Crippen LogP contribution is -2.15. The van der Waals surface area contributed by atoms with Crippen molar-refractivity contribution in [2.75, 3.05) is 12.4 Å². The van der Waals surface area contributed by atoms with Gasteiger partial charge in [-0.15, -0.1) is 11.3 Å². The molecule has 0 aromatic carbocycles. The van der Waals surface area contributed by atoms with Gasteiger partial charge in [0.05, 0.1) is 23.9 Å². The molecule has 0 unspecified atom stereocenters. The molecule has 0 fully saturated rings. The van der Waals surface area contributed by atoms with Gasteiger partial charge in [-0.3, -0.25) is 9.48 Å². The Morgan fingerprint density at radius 2 is 2.29 bits per heavy atom. The van der Waals surface area contributed by atoms with Crippen LogP contribution in [0.25, 0.3) is 0 Å². The van der Waals surface area contributed by atoms with E-state index in [1.54, 1.807) is 16.9 Å². The fourth-order valence-electron chi connectivity index (χ4n) is 1.73. The van der Waals surface area contributed by atoms with Crippen LogP contribution in [0.4, 0.5) is 5.00 Å². The minimum absolute atomic E-state index is 0.200. The summed E-state index contributed by atoms with van der Waals surface area (Å²) in [6, 6.07) is 1.69. The highest BCUT2D eigenvalue weighted by molar-refractivity contribution is 7.16. The number of carbonyl (C=O) groups is 2. The summed E-state index contributed by atoms with van der Waals surface area (Å²) in [7, 11) is 1.31. The summed E-state index contributed by atoms with van der Waals surface area (Å²) in [6.07, 6.45) is 3.39. The lowest BCUT2D eigenvalue weighted by Gasteiger charge is -2.05. The predicted molar refractivity (Wildman–Crippen MR) is 80.9 cm³/mol. The van der Waals surface area contributed by atoms with Crippen molar-refractivity contribution < 1.29 is 14.3 Å². The first-order valence-corrected chi connectivity index (χ1v) is 7.35. The van der Waals surface area contributed by atoms with Crippen LogP contribution in [0, 0.1) is 6.92 Å². The Balaban J connectivity index is 1.98. The molecule has 2 rings (SSSR count). The average molecular weight is 328 g/mol. The first-order valence-electron chi connectivity index (χ1n) is 6.16. The Hall–Kier alpha value is -1.86. The molecule has 0 saturated carbocycles. The maximum atomic E-state index is 11.9. The first-order chi connectivity index (χ1) is 9.99. The number of esters is 1. The van der Waals surface area contributed by atoms with Crippen molar-refractivity contribution in [3.63, 3.8) is 0 Å². The fourth-order valence-corrected chi connectivity index (χ4v) is 2.81. The maximum absolute atomic E-state index is 11.9. The van der Waals surface area contributed by atoms with E-state index in [0.29, 0.717) is 22.1 Å². The van der Waals surface area contributed by atoms with E-state index in [1.165, 1.54) is 24.6 Å². The van der Waals surface area contributed by atoms with Crippen molar-refractivity contribution in [3.8, 4) is 0 Å². The Morgan fingerprint density at radius 3 is 2.90 bits per heavy atom. The van der Waals surface area contributed by atoms with E-state index < -0.39 is 5.97 Å². The molecule has 0 atom stereocenters. The predicted octanol–water partition coefficient (Wildman–Crippen LogP) is 2.72. The van der Waals surface area contributed by atoms with Gasteiger partial charge in [-0.1, -0.05) is 11.6 Å². The van der Waals surface area contributed by atoms with Crippen molar-refractivity contribution in [3.05, 3.63) is 33.9 Å². The number of aryl methyl sites for hydroxylation is 2. The first kappa shape index (κ1) is 15.5. The Bertz CT molecular complexity index is 665. The molecule has 0 aliphatic rings. The summed E-state index contributed by atoms with van der Waals surface area (Å²) >= 11 is 7.08. The van der Waals surface area contributed by atoms with Crippen molar-refractivity contribution >= 4 is 39.8 Å². The summed E-state index contributed by atoms with van der Waals surface area (Å²) in [5.74, 6) is -0.665. The van der Waals surface area contributed by atoms with Crippen molar-refractivity contribution in [1.29, 1.82) is 0 Å². The van der Waals surface area contributed by atoms with E-state index >= 15 is 0 Å². The maximum Gasteiger partial charge on any atom is 0.340 e. The number of nitrogens with one attached hydrogen (secondary N) is 1. The molecule has 0 aliphatic heterocycles. The number of nitrogens with zero attached hydrogens (tertiary/aromatic N) is 2. The highest BCUT2D eigenvalue weighted by Crippen LogP contribution is 2.28. The molecule has 0 saturated heterocycles. The van der Waals surface area contributed by atoms with Crippen LogP contribution in [-0.4, -0.2) is 28.8 Å². The second-order valence-electron chi connectivity index (χ2n) is 4.31. The van der Waals surface area contributed by atoms with Gasteiger partial charge in [0.2, 0.25) is 5.91 Å². The average Bonchev–Trinajstić information content (AvgIpc) is 3.01. The number of halogens is 1. The van der Waals surface area contributed by atoms with Crippen LogP contribution < -0.4 is 5.32 Å². The third-order valence-corrected chi connectivity index (χ3v) is 3.84. The standard InChI is InChI=1S/C13H14ClN3O3S/c1-8-5-10(13(19)20-2)12(21-8)16-11(18)3-4-17-7-9(14)6-15-17/h5-7H,3-4H2,1-2H3,(H,16,18). The van der Waals surface area contributed by atoms with E-state index in [2.05, 4.69) is 10.4 Å². The Labute approximate surface area is 130 Å². The Kier molecular flexibility index (Phi) is 4.98. The van der Waals surface area contributed by atoms with Crippen molar-refractivity contribution in [2.45, 2.75) is 19.9 Å². The van der Waals surface area contributed by atoms with Crippen molar-refractivity contribution in [2.24, 2.45) is 0 Å². The van der Waals surface area contributed by atoms with Gasteiger partial charge in [-0.25, -0.2) is 4.79 Å². The molecule has 1 N–H and O–H groups in total. The number of methoxy groups -OCH3 is 1. The van der Waals surface area contributed by atoms with E-state index in [-0.39, 0.29) is 12.3 Å². The number of ether oxygens (including phenoxy) is 1. The zero-order valence-corrected chi connectivity index (χ0v) is 13.1. The number of rotatable bonds is 5. The molecule has 1 amide bonds. The zero-order valence-electron chi connectivity index (χ0n) is 11.6. The molecule has 2 aromatic heterocycles. The highest BCUT2D eigenvalue weighted by atomic mass is 35.5. The molecule has 112 valence electrons. The van der Waals surface area contributed by atoms with Crippen LogP contribution in [0.2, 0.25) is 5.02 Å². The third-order valence-electron chi connectivity index (χ3n) is 2.68. The van der Waals surface area contributed by atoms with E-state index in [1.807, 2.05) is 6.92 Å². The van der Waals surface area contributed by atoms with Crippen molar-refractivity contribution in [1.82, 2.24) is 9.78 Å².